The smallest absolute Gasteiger partial charge is 0.460 e. The van der Waals surface area contributed by atoms with E-state index in [9.17, 15) is 22.8 Å². The Kier molecular flexibility index (Phi) is 10.5. The summed E-state index contributed by atoms with van der Waals surface area (Å²) < 4.78 is 115. The largest absolute Gasteiger partial charge is 0.465 e. The first-order valence-corrected chi connectivity index (χ1v) is 15.9. The molecule has 0 amide bonds. The van der Waals surface area contributed by atoms with Gasteiger partial charge in [0.25, 0.3) is 0 Å². The Hall–Kier alpha value is -4.63. The van der Waals surface area contributed by atoms with E-state index in [1.54, 1.807) is 18.2 Å². The number of ether oxygens (including phenoxy) is 2. The van der Waals surface area contributed by atoms with Crippen molar-refractivity contribution in [1.82, 2.24) is 0 Å². The highest BCUT2D eigenvalue weighted by Gasteiger charge is 2.75. The van der Waals surface area contributed by atoms with E-state index in [-0.39, 0.29) is 22.5 Å². The van der Waals surface area contributed by atoms with Gasteiger partial charge in [0.15, 0.2) is 0 Å². The molecule has 0 heterocycles. The SMILES string of the molecule is CCOC(=O)c1ccccc1/C=C(/C(C(=O)OC)=P(c1ccccc1)(c1ccccc1)c1ccccc1)C(F)(F)C(F)(F)C(F)(F)F. The minimum Gasteiger partial charge on any atom is -0.465 e. The fourth-order valence-electron chi connectivity index (χ4n) is 5.14. The first kappa shape index (κ1) is 35.2. The van der Waals surface area contributed by atoms with Crippen LogP contribution >= 0.6 is 6.89 Å². The summed E-state index contributed by atoms with van der Waals surface area (Å²) in [6.07, 6.45) is -6.44. The van der Waals surface area contributed by atoms with E-state index in [2.05, 4.69) is 0 Å². The quantitative estimate of drug-likeness (QED) is 0.0998. The first-order chi connectivity index (χ1) is 22.2. The predicted molar refractivity (Wildman–Crippen MR) is 168 cm³/mol. The standard InChI is InChI=1S/C35H28F7O4P/c1-3-46-31(43)28-22-14-13-15-24(28)23-29(33(36,37)34(38,39)35(40,41)42)30(32(44)45-2)47(25-16-7-4-8-17-25,26-18-9-5-10-19-26)27-20-11-6-12-21-27/h4-23H,3H2,1-2H3/b29-23-. The molecular formula is C35H28F7O4P. The summed E-state index contributed by atoms with van der Waals surface area (Å²) in [5.41, 5.74) is -2.88. The molecule has 0 fully saturated rings. The van der Waals surface area contributed by atoms with Gasteiger partial charge in [0, 0.05) is 5.57 Å². The van der Waals surface area contributed by atoms with E-state index >= 15 is 17.6 Å². The van der Waals surface area contributed by atoms with Gasteiger partial charge in [0.05, 0.1) is 24.6 Å². The number of benzene rings is 4. The number of hydrogen-bond donors (Lipinski definition) is 0. The van der Waals surface area contributed by atoms with Crippen LogP contribution in [0.5, 0.6) is 0 Å². The summed E-state index contributed by atoms with van der Waals surface area (Å²) in [5, 5.41) is -0.605. The number of hydrogen-bond acceptors (Lipinski definition) is 4. The summed E-state index contributed by atoms with van der Waals surface area (Å²) in [6.45, 7) is -2.82. The van der Waals surface area contributed by atoms with Crippen LogP contribution < -0.4 is 15.9 Å². The van der Waals surface area contributed by atoms with Crippen LogP contribution in [0.3, 0.4) is 0 Å². The third-order valence-corrected chi connectivity index (χ3v) is 11.6. The average Bonchev–Trinajstić information content (AvgIpc) is 3.07. The molecule has 4 aromatic carbocycles. The Morgan fingerprint density at radius 2 is 1.11 bits per heavy atom. The molecule has 0 aromatic heterocycles. The van der Waals surface area contributed by atoms with Crippen molar-refractivity contribution < 1.29 is 49.8 Å². The van der Waals surface area contributed by atoms with Gasteiger partial charge >= 0.3 is 30.0 Å². The molecule has 0 spiro atoms. The lowest BCUT2D eigenvalue weighted by Gasteiger charge is -2.36. The van der Waals surface area contributed by atoms with Gasteiger partial charge in [-0.15, -0.1) is 0 Å². The van der Waals surface area contributed by atoms with Crippen LogP contribution in [-0.2, 0) is 14.3 Å². The molecule has 47 heavy (non-hydrogen) atoms. The average molecular weight is 677 g/mol. The van der Waals surface area contributed by atoms with E-state index in [0.29, 0.717) is 6.08 Å². The van der Waals surface area contributed by atoms with E-state index in [1.165, 1.54) is 91.9 Å². The summed E-state index contributed by atoms with van der Waals surface area (Å²) in [4.78, 5) is 26.8. The number of rotatable bonds is 10. The molecule has 0 saturated heterocycles. The van der Waals surface area contributed by atoms with Gasteiger partial charge < -0.3 is 9.47 Å². The lowest BCUT2D eigenvalue weighted by atomic mass is 9.94. The zero-order valence-corrected chi connectivity index (χ0v) is 25.9. The molecule has 0 unspecified atom stereocenters. The number of carbonyl (C=O) groups is 2. The highest BCUT2D eigenvalue weighted by molar-refractivity contribution is 7.96. The van der Waals surface area contributed by atoms with Crippen molar-refractivity contribution in [2.45, 2.75) is 24.9 Å². The van der Waals surface area contributed by atoms with Gasteiger partial charge in [-0.1, -0.05) is 109 Å². The minimum absolute atomic E-state index is 0.157. The lowest BCUT2D eigenvalue weighted by molar-refractivity contribution is -0.343. The Bertz CT molecular complexity index is 1700. The maximum Gasteiger partial charge on any atom is 0.460 e. The Morgan fingerprint density at radius 3 is 1.51 bits per heavy atom. The zero-order valence-electron chi connectivity index (χ0n) is 25.0. The molecule has 12 heteroatoms. The molecule has 0 radical (unpaired) electrons. The third kappa shape index (κ3) is 6.49. The molecule has 4 aromatic rings. The van der Waals surface area contributed by atoms with Crippen molar-refractivity contribution >= 4 is 46.1 Å². The number of alkyl halides is 7. The van der Waals surface area contributed by atoms with Crippen LogP contribution in [0.1, 0.15) is 22.8 Å². The molecular weight excluding hydrogens is 648 g/mol. The van der Waals surface area contributed by atoms with Gasteiger partial charge in [0.2, 0.25) is 0 Å². The van der Waals surface area contributed by atoms with Crippen molar-refractivity contribution in [2.24, 2.45) is 0 Å². The summed E-state index contributed by atoms with van der Waals surface area (Å²) in [6, 6.07) is 27.5. The van der Waals surface area contributed by atoms with Gasteiger partial charge in [0.1, 0.15) is 0 Å². The van der Waals surface area contributed by atoms with Gasteiger partial charge in [-0.25, -0.2) is 9.59 Å². The Morgan fingerprint density at radius 1 is 0.681 bits per heavy atom. The molecule has 0 atom stereocenters. The number of methoxy groups -OCH3 is 1. The Labute approximate surface area is 266 Å². The molecule has 4 nitrogen and oxygen atoms in total. The molecule has 0 saturated carbocycles. The normalized spacial score (nSPS) is 12.7. The summed E-state index contributed by atoms with van der Waals surface area (Å²) in [7, 11) is 0.808. The molecule has 246 valence electrons. The molecule has 0 aliphatic rings. The van der Waals surface area contributed by atoms with Gasteiger partial charge in [-0.3, -0.25) is 0 Å². The predicted octanol–water partition coefficient (Wildman–Crippen LogP) is 7.42. The lowest BCUT2D eigenvalue weighted by Crippen LogP contribution is -2.55. The Balaban J connectivity index is 2.41. The van der Waals surface area contributed by atoms with Crippen molar-refractivity contribution in [2.75, 3.05) is 13.7 Å². The van der Waals surface area contributed by atoms with Crippen molar-refractivity contribution in [1.29, 1.82) is 0 Å². The zero-order chi connectivity index (χ0) is 34.5. The maximum absolute atomic E-state index is 16.5. The van der Waals surface area contributed by atoms with Crippen LogP contribution in [0.15, 0.2) is 121 Å². The van der Waals surface area contributed by atoms with Crippen LogP contribution in [-0.4, -0.2) is 49.0 Å². The topological polar surface area (TPSA) is 52.6 Å². The highest BCUT2D eigenvalue weighted by Crippen LogP contribution is 2.55. The second-order valence-corrected chi connectivity index (χ2v) is 13.4. The van der Waals surface area contributed by atoms with E-state index < -0.39 is 58.8 Å². The first-order valence-electron chi connectivity index (χ1n) is 14.1. The van der Waals surface area contributed by atoms with Crippen LogP contribution in [0.25, 0.3) is 6.08 Å². The van der Waals surface area contributed by atoms with Crippen LogP contribution in [0, 0.1) is 0 Å². The fraction of sp³-hybridized carbons (Fsp3) is 0.171. The molecule has 0 aliphatic carbocycles. The minimum atomic E-state index is -6.76. The third-order valence-electron chi connectivity index (χ3n) is 7.24. The summed E-state index contributed by atoms with van der Waals surface area (Å²) >= 11 is 0. The molecule has 0 aliphatic heterocycles. The second-order valence-electron chi connectivity index (χ2n) is 10.0. The highest BCUT2D eigenvalue weighted by atomic mass is 31.2. The van der Waals surface area contributed by atoms with Gasteiger partial charge in [-0.2, -0.15) is 30.7 Å². The molecule has 0 bridgehead atoms. The van der Waals surface area contributed by atoms with Crippen molar-refractivity contribution in [3.63, 3.8) is 0 Å². The monoisotopic (exact) mass is 676 g/mol. The van der Waals surface area contributed by atoms with E-state index in [4.69, 9.17) is 9.47 Å². The number of esters is 2. The van der Waals surface area contributed by atoms with Gasteiger partial charge in [-0.05, 0) is 47.4 Å². The second kappa shape index (κ2) is 14.0. The van der Waals surface area contributed by atoms with Crippen LogP contribution in [0.2, 0.25) is 0 Å². The van der Waals surface area contributed by atoms with E-state index in [1.807, 2.05) is 0 Å². The van der Waals surface area contributed by atoms with Crippen LogP contribution in [0.4, 0.5) is 30.7 Å². The molecule has 4 rings (SSSR count). The van der Waals surface area contributed by atoms with E-state index in [0.717, 1.165) is 19.2 Å². The number of halogens is 7. The number of carbonyl (C=O) groups excluding carboxylic acids is 2. The maximum atomic E-state index is 16.5. The van der Waals surface area contributed by atoms with Crippen molar-refractivity contribution in [3.05, 3.63) is 132 Å². The summed E-state index contributed by atoms with van der Waals surface area (Å²) in [5.74, 6) is -15.4. The molecule has 0 N–H and O–H groups in total. The fourth-order valence-corrected chi connectivity index (χ4v) is 9.60. The van der Waals surface area contributed by atoms with Crippen molar-refractivity contribution in [3.8, 4) is 0 Å².